The number of hydrogen-bond acceptors (Lipinski definition) is 3. The molecule has 1 atom stereocenters. The highest BCUT2D eigenvalue weighted by Crippen LogP contribution is 2.23. The second kappa shape index (κ2) is 5.04. The van der Waals surface area contributed by atoms with Gasteiger partial charge >= 0.3 is 0 Å². The minimum Gasteiger partial charge on any atom is -0.380 e. The topological polar surface area (TPSA) is 61.8 Å². The molecule has 1 heterocycles. The van der Waals surface area contributed by atoms with Crippen LogP contribution >= 0.6 is 0 Å². The van der Waals surface area contributed by atoms with E-state index in [4.69, 9.17) is 0 Å². The lowest BCUT2D eigenvalue weighted by Gasteiger charge is -2.08. The van der Waals surface area contributed by atoms with Crippen molar-refractivity contribution in [3.63, 3.8) is 0 Å². The molecule has 0 amide bonds. The Kier molecular flexibility index (Phi) is 3.08. The fraction of sp³-hybridized carbons (Fsp3) is 0.0667. The standard InChI is InChI=1S/C15H13N3O/c19-14(15-16-10-17-18-15)13-8-6-12(7-9-13)11-4-2-1-3-5-11/h1-10,14,19H,(H,16,17,18). The summed E-state index contributed by atoms with van der Waals surface area (Å²) in [7, 11) is 0. The molecule has 3 rings (SSSR count). The minimum absolute atomic E-state index is 0.451. The van der Waals surface area contributed by atoms with Gasteiger partial charge in [0.1, 0.15) is 12.4 Å². The first-order valence-electron chi connectivity index (χ1n) is 6.03. The maximum Gasteiger partial charge on any atom is 0.157 e. The molecule has 2 aromatic carbocycles. The number of aliphatic hydroxyl groups excluding tert-OH is 1. The van der Waals surface area contributed by atoms with Crippen molar-refractivity contribution in [2.45, 2.75) is 6.10 Å². The first-order chi connectivity index (χ1) is 9.34. The van der Waals surface area contributed by atoms with Crippen molar-refractivity contribution in [1.82, 2.24) is 15.2 Å². The minimum atomic E-state index is -0.771. The summed E-state index contributed by atoms with van der Waals surface area (Å²) in [6.07, 6.45) is 0.615. The number of hydrogen-bond donors (Lipinski definition) is 2. The molecular formula is C15H13N3O. The van der Waals surface area contributed by atoms with Gasteiger partial charge < -0.3 is 5.11 Å². The molecule has 4 nitrogen and oxygen atoms in total. The zero-order chi connectivity index (χ0) is 13.1. The average Bonchev–Trinajstić information content (AvgIpc) is 3.02. The zero-order valence-corrected chi connectivity index (χ0v) is 10.2. The summed E-state index contributed by atoms with van der Waals surface area (Å²) in [5, 5.41) is 16.5. The van der Waals surface area contributed by atoms with Crippen LogP contribution in [0, 0.1) is 0 Å². The third kappa shape index (κ3) is 2.39. The van der Waals surface area contributed by atoms with Crippen molar-refractivity contribution in [3.05, 3.63) is 72.3 Å². The normalized spacial score (nSPS) is 12.3. The summed E-state index contributed by atoms with van der Waals surface area (Å²) in [5.74, 6) is 0.451. The fourth-order valence-corrected chi connectivity index (χ4v) is 1.99. The van der Waals surface area contributed by atoms with Crippen LogP contribution in [-0.2, 0) is 0 Å². The third-order valence-electron chi connectivity index (χ3n) is 3.03. The number of aromatic amines is 1. The Hall–Kier alpha value is -2.46. The SMILES string of the molecule is OC(c1ccc(-c2ccccc2)cc1)c1ncn[nH]1. The lowest BCUT2D eigenvalue weighted by atomic mass is 10.0. The van der Waals surface area contributed by atoms with Crippen LogP contribution < -0.4 is 0 Å². The van der Waals surface area contributed by atoms with Gasteiger partial charge in [0.15, 0.2) is 5.82 Å². The predicted octanol–water partition coefficient (Wildman–Crippen LogP) is 2.55. The van der Waals surface area contributed by atoms with Gasteiger partial charge in [-0.05, 0) is 16.7 Å². The van der Waals surface area contributed by atoms with Crippen LogP contribution in [0.5, 0.6) is 0 Å². The molecule has 1 unspecified atom stereocenters. The van der Waals surface area contributed by atoms with Crippen molar-refractivity contribution in [2.75, 3.05) is 0 Å². The lowest BCUT2D eigenvalue weighted by Crippen LogP contribution is -2.01. The quantitative estimate of drug-likeness (QED) is 0.752. The Morgan fingerprint density at radius 1 is 0.895 bits per heavy atom. The van der Waals surface area contributed by atoms with E-state index in [1.165, 1.54) is 6.33 Å². The number of benzene rings is 2. The fourth-order valence-electron chi connectivity index (χ4n) is 1.99. The molecule has 2 N–H and O–H groups in total. The van der Waals surface area contributed by atoms with Crippen molar-refractivity contribution in [1.29, 1.82) is 0 Å². The summed E-state index contributed by atoms with van der Waals surface area (Å²) in [4.78, 5) is 3.96. The Labute approximate surface area is 110 Å². The van der Waals surface area contributed by atoms with Crippen LogP contribution in [0.3, 0.4) is 0 Å². The molecule has 19 heavy (non-hydrogen) atoms. The highest BCUT2D eigenvalue weighted by molar-refractivity contribution is 5.63. The van der Waals surface area contributed by atoms with Gasteiger partial charge in [0.2, 0.25) is 0 Å². The third-order valence-corrected chi connectivity index (χ3v) is 3.03. The van der Waals surface area contributed by atoms with E-state index >= 15 is 0 Å². The van der Waals surface area contributed by atoms with E-state index in [0.29, 0.717) is 5.82 Å². The predicted molar refractivity (Wildman–Crippen MR) is 72.3 cm³/mol. The van der Waals surface area contributed by atoms with Gasteiger partial charge in [0.05, 0.1) is 0 Å². The van der Waals surface area contributed by atoms with Crippen molar-refractivity contribution < 1.29 is 5.11 Å². The first kappa shape index (κ1) is 11.6. The van der Waals surface area contributed by atoms with E-state index in [1.807, 2.05) is 42.5 Å². The van der Waals surface area contributed by atoms with E-state index in [-0.39, 0.29) is 0 Å². The van der Waals surface area contributed by atoms with Gasteiger partial charge in [-0.15, -0.1) is 0 Å². The molecule has 0 spiro atoms. The molecule has 0 fully saturated rings. The van der Waals surface area contributed by atoms with Gasteiger partial charge in [-0.3, -0.25) is 5.10 Å². The van der Waals surface area contributed by atoms with E-state index in [9.17, 15) is 5.11 Å². The van der Waals surface area contributed by atoms with Crippen molar-refractivity contribution in [3.8, 4) is 11.1 Å². The Morgan fingerprint density at radius 2 is 1.58 bits per heavy atom. The molecular weight excluding hydrogens is 238 g/mol. The first-order valence-corrected chi connectivity index (χ1v) is 6.03. The van der Waals surface area contributed by atoms with Gasteiger partial charge in [0.25, 0.3) is 0 Å². The summed E-state index contributed by atoms with van der Waals surface area (Å²) in [5.41, 5.74) is 3.06. The Morgan fingerprint density at radius 3 is 2.21 bits per heavy atom. The molecule has 0 bridgehead atoms. The highest BCUT2D eigenvalue weighted by Gasteiger charge is 2.12. The monoisotopic (exact) mass is 251 g/mol. The molecule has 0 aliphatic rings. The van der Waals surface area contributed by atoms with Crippen LogP contribution in [0.25, 0.3) is 11.1 Å². The number of aliphatic hydroxyl groups is 1. The summed E-state index contributed by atoms with van der Waals surface area (Å²) < 4.78 is 0. The van der Waals surface area contributed by atoms with Crippen LogP contribution in [0.1, 0.15) is 17.5 Å². The van der Waals surface area contributed by atoms with E-state index in [1.54, 1.807) is 0 Å². The van der Waals surface area contributed by atoms with Crippen molar-refractivity contribution >= 4 is 0 Å². The zero-order valence-electron chi connectivity index (χ0n) is 10.2. The largest absolute Gasteiger partial charge is 0.380 e. The molecule has 4 heteroatoms. The molecule has 0 aliphatic heterocycles. The van der Waals surface area contributed by atoms with Gasteiger partial charge in [0, 0.05) is 0 Å². The van der Waals surface area contributed by atoms with E-state index in [2.05, 4.69) is 27.3 Å². The van der Waals surface area contributed by atoms with Crippen LogP contribution in [0.15, 0.2) is 60.9 Å². The number of rotatable bonds is 3. The number of nitrogens with zero attached hydrogens (tertiary/aromatic N) is 2. The maximum absolute atomic E-state index is 10.1. The molecule has 94 valence electrons. The number of nitrogens with one attached hydrogen (secondary N) is 1. The smallest absolute Gasteiger partial charge is 0.157 e. The summed E-state index contributed by atoms with van der Waals surface area (Å²) >= 11 is 0. The van der Waals surface area contributed by atoms with Gasteiger partial charge in [-0.1, -0.05) is 54.6 Å². The number of H-pyrrole nitrogens is 1. The Balaban J connectivity index is 1.87. The second-order valence-corrected chi connectivity index (χ2v) is 4.26. The van der Waals surface area contributed by atoms with Gasteiger partial charge in [-0.2, -0.15) is 5.10 Å². The Bertz CT molecular complexity index is 633. The van der Waals surface area contributed by atoms with Crippen molar-refractivity contribution in [2.24, 2.45) is 0 Å². The van der Waals surface area contributed by atoms with E-state index in [0.717, 1.165) is 16.7 Å². The summed E-state index contributed by atoms with van der Waals surface area (Å²) in [6, 6.07) is 17.9. The maximum atomic E-state index is 10.1. The molecule has 0 saturated heterocycles. The second-order valence-electron chi connectivity index (χ2n) is 4.26. The highest BCUT2D eigenvalue weighted by atomic mass is 16.3. The van der Waals surface area contributed by atoms with E-state index < -0.39 is 6.10 Å². The molecule has 3 aromatic rings. The molecule has 0 radical (unpaired) electrons. The summed E-state index contributed by atoms with van der Waals surface area (Å²) in [6.45, 7) is 0. The van der Waals surface area contributed by atoms with Gasteiger partial charge in [-0.25, -0.2) is 4.98 Å². The molecule has 1 aromatic heterocycles. The number of aromatic nitrogens is 3. The molecule has 0 saturated carbocycles. The van der Waals surface area contributed by atoms with Crippen LogP contribution in [0.2, 0.25) is 0 Å². The van der Waals surface area contributed by atoms with Crippen LogP contribution in [0.4, 0.5) is 0 Å². The molecule has 0 aliphatic carbocycles. The lowest BCUT2D eigenvalue weighted by molar-refractivity contribution is 0.210. The van der Waals surface area contributed by atoms with Crippen LogP contribution in [-0.4, -0.2) is 20.3 Å². The average molecular weight is 251 g/mol.